The number of likely N-dealkylation sites (tertiary alicyclic amines) is 1. The number of methoxy groups -OCH3 is 1. The van der Waals surface area contributed by atoms with Crippen LogP contribution in [0.1, 0.15) is 35.2 Å². The van der Waals surface area contributed by atoms with Gasteiger partial charge in [0, 0.05) is 24.5 Å². The molecule has 2 N–H and O–H groups in total. The monoisotopic (exact) mass is 474 g/mol. The minimum atomic E-state index is -0.906. The minimum absolute atomic E-state index is 0.0414. The highest BCUT2D eigenvalue weighted by molar-refractivity contribution is 6.46. The Morgan fingerprint density at radius 1 is 1.14 bits per heavy atom. The van der Waals surface area contributed by atoms with Gasteiger partial charge in [0.1, 0.15) is 11.5 Å². The first-order valence-electron chi connectivity index (χ1n) is 11.1. The van der Waals surface area contributed by atoms with Gasteiger partial charge in [-0.2, -0.15) is 0 Å². The van der Waals surface area contributed by atoms with Crippen molar-refractivity contribution >= 4 is 17.4 Å². The van der Waals surface area contributed by atoms with Gasteiger partial charge in [-0.25, -0.2) is 0 Å². The number of aliphatic hydroxyl groups is 1. The summed E-state index contributed by atoms with van der Waals surface area (Å²) < 4.78 is 10.8. The molecule has 1 aliphatic heterocycles. The van der Waals surface area contributed by atoms with Crippen LogP contribution < -0.4 is 9.47 Å². The maximum absolute atomic E-state index is 13.3. The molecular formula is C27H26N2O6. The Hall–Kier alpha value is -4.33. The molecule has 2 aromatic carbocycles. The van der Waals surface area contributed by atoms with Crippen LogP contribution in [0.25, 0.3) is 5.76 Å². The van der Waals surface area contributed by atoms with Crippen molar-refractivity contribution in [3.8, 4) is 17.2 Å². The van der Waals surface area contributed by atoms with E-state index in [1.54, 1.807) is 75.8 Å². The third-order valence-corrected chi connectivity index (χ3v) is 5.90. The molecule has 1 amide bonds. The van der Waals surface area contributed by atoms with Crippen LogP contribution in [-0.4, -0.2) is 45.5 Å². The Morgan fingerprint density at radius 2 is 1.94 bits per heavy atom. The summed E-state index contributed by atoms with van der Waals surface area (Å²) in [6, 6.07) is 12.4. The second kappa shape index (κ2) is 9.89. The average molecular weight is 475 g/mol. The molecule has 3 aromatic rings. The van der Waals surface area contributed by atoms with Crippen molar-refractivity contribution in [2.75, 3.05) is 13.7 Å². The highest BCUT2D eigenvalue weighted by Gasteiger charge is 2.46. The summed E-state index contributed by atoms with van der Waals surface area (Å²) in [5.41, 5.74) is 2.30. The van der Waals surface area contributed by atoms with Gasteiger partial charge in [-0.1, -0.05) is 12.1 Å². The molecule has 1 aromatic heterocycles. The number of ether oxygens (including phenoxy) is 2. The summed E-state index contributed by atoms with van der Waals surface area (Å²) in [5.74, 6) is -1.06. The number of Topliss-reactive ketones (excluding diaryl/α,β-unsaturated/α-hetero) is 1. The zero-order valence-electron chi connectivity index (χ0n) is 19.7. The maximum atomic E-state index is 13.3. The maximum Gasteiger partial charge on any atom is 0.295 e. The molecule has 0 radical (unpaired) electrons. The first-order chi connectivity index (χ1) is 16.8. The number of benzene rings is 2. The number of aromatic hydroxyl groups is 1. The predicted octanol–water partition coefficient (Wildman–Crippen LogP) is 4.12. The number of aryl methyl sites for hydroxylation is 1. The molecule has 1 unspecified atom stereocenters. The van der Waals surface area contributed by atoms with Gasteiger partial charge in [0.05, 0.1) is 25.3 Å². The van der Waals surface area contributed by atoms with E-state index in [0.717, 1.165) is 5.56 Å². The van der Waals surface area contributed by atoms with Crippen molar-refractivity contribution in [2.45, 2.75) is 26.4 Å². The summed E-state index contributed by atoms with van der Waals surface area (Å²) in [6.07, 6.45) is 3.24. The molecule has 2 heterocycles. The van der Waals surface area contributed by atoms with Gasteiger partial charge in [-0.3, -0.25) is 14.6 Å². The lowest BCUT2D eigenvalue weighted by Crippen LogP contribution is -2.29. The van der Waals surface area contributed by atoms with Gasteiger partial charge in [0.25, 0.3) is 11.7 Å². The Morgan fingerprint density at radius 3 is 2.60 bits per heavy atom. The summed E-state index contributed by atoms with van der Waals surface area (Å²) in [7, 11) is 1.54. The van der Waals surface area contributed by atoms with Crippen LogP contribution in [0.15, 0.2) is 66.5 Å². The van der Waals surface area contributed by atoms with E-state index in [1.807, 2.05) is 0 Å². The number of ketones is 1. The van der Waals surface area contributed by atoms with Gasteiger partial charge < -0.3 is 24.6 Å². The molecule has 0 saturated carbocycles. The van der Waals surface area contributed by atoms with Gasteiger partial charge >= 0.3 is 0 Å². The number of phenols is 1. The number of pyridine rings is 1. The third kappa shape index (κ3) is 4.55. The van der Waals surface area contributed by atoms with E-state index in [4.69, 9.17) is 9.47 Å². The van der Waals surface area contributed by atoms with Crippen LogP contribution >= 0.6 is 0 Å². The van der Waals surface area contributed by atoms with Crippen molar-refractivity contribution in [1.82, 2.24) is 9.88 Å². The molecule has 35 heavy (non-hydrogen) atoms. The van der Waals surface area contributed by atoms with Crippen LogP contribution in [0.3, 0.4) is 0 Å². The van der Waals surface area contributed by atoms with E-state index < -0.39 is 17.7 Å². The fourth-order valence-electron chi connectivity index (χ4n) is 4.22. The molecule has 1 saturated heterocycles. The number of aliphatic hydroxyl groups excluding tert-OH is 1. The van der Waals surface area contributed by atoms with E-state index in [2.05, 4.69) is 4.98 Å². The van der Waals surface area contributed by atoms with E-state index in [1.165, 1.54) is 11.0 Å². The largest absolute Gasteiger partial charge is 0.507 e. The van der Waals surface area contributed by atoms with Crippen LogP contribution in [0.4, 0.5) is 0 Å². The topological polar surface area (TPSA) is 109 Å². The molecule has 0 spiro atoms. The van der Waals surface area contributed by atoms with Crippen molar-refractivity contribution in [3.63, 3.8) is 0 Å². The second-order valence-corrected chi connectivity index (χ2v) is 8.13. The van der Waals surface area contributed by atoms with Crippen molar-refractivity contribution < 1.29 is 29.3 Å². The highest BCUT2D eigenvalue weighted by Crippen LogP contribution is 2.43. The molecule has 8 heteroatoms. The minimum Gasteiger partial charge on any atom is -0.507 e. The third-order valence-electron chi connectivity index (χ3n) is 5.90. The lowest BCUT2D eigenvalue weighted by molar-refractivity contribution is -0.140. The Labute approximate surface area is 203 Å². The first kappa shape index (κ1) is 23.8. The number of rotatable bonds is 7. The molecule has 0 aliphatic carbocycles. The zero-order chi connectivity index (χ0) is 25.1. The summed E-state index contributed by atoms with van der Waals surface area (Å²) in [4.78, 5) is 32.0. The predicted molar refractivity (Wildman–Crippen MR) is 129 cm³/mol. The smallest absolute Gasteiger partial charge is 0.295 e. The number of carbonyl (C=O) groups excluding carboxylic acids is 2. The Balaban J connectivity index is 1.90. The number of aromatic nitrogens is 1. The van der Waals surface area contributed by atoms with E-state index in [0.29, 0.717) is 29.0 Å². The number of carbonyl (C=O) groups is 2. The SMILES string of the molecule is CCOc1cc(C2/C(=C(/O)c3ccc(OC)cc3C)C(=O)C(=O)N2Cc2cccnc2)ccc1O. The summed E-state index contributed by atoms with van der Waals surface area (Å²) >= 11 is 0. The Kier molecular flexibility index (Phi) is 6.73. The summed E-state index contributed by atoms with van der Waals surface area (Å²) in [5, 5.41) is 21.5. The van der Waals surface area contributed by atoms with E-state index in [-0.39, 0.29) is 29.4 Å². The molecule has 1 atom stereocenters. The number of hydrogen-bond acceptors (Lipinski definition) is 7. The van der Waals surface area contributed by atoms with Crippen LogP contribution in [0.5, 0.6) is 17.2 Å². The number of amides is 1. The van der Waals surface area contributed by atoms with Crippen LogP contribution in [0, 0.1) is 6.92 Å². The van der Waals surface area contributed by atoms with Crippen molar-refractivity contribution in [1.29, 1.82) is 0 Å². The molecule has 8 nitrogen and oxygen atoms in total. The van der Waals surface area contributed by atoms with Gasteiger partial charge in [-0.05, 0) is 66.9 Å². The molecule has 0 bridgehead atoms. The van der Waals surface area contributed by atoms with Gasteiger partial charge in [0.2, 0.25) is 0 Å². The standard InChI is InChI=1S/C27H26N2O6/c1-4-35-22-13-18(7-10-21(22)30)24-23(25(31)20-9-8-19(34-3)12-16(20)2)26(32)27(33)29(24)15-17-6-5-11-28-14-17/h5-14,24,30-31H,4,15H2,1-3H3/b25-23-. The normalized spacial score (nSPS) is 17.0. The van der Waals surface area contributed by atoms with E-state index >= 15 is 0 Å². The van der Waals surface area contributed by atoms with E-state index in [9.17, 15) is 19.8 Å². The lowest BCUT2D eigenvalue weighted by Gasteiger charge is -2.26. The van der Waals surface area contributed by atoms with Gasteiger partial charge in [-0.15, -0.1) is 0 Å². The molecular weight excluding hydrogens is 448 g/mol. The molecule has 1 aliphatic rings. The molecule has 180 valence electrons. The quantitative estimate of drug-likeness (QED) is 0.301. The van der Waals surface area contributed by atoms with Crippen molar-refractivity contribution in [2.24, 2.45) is 0 Å². The van der Waals surface area contributed by atoms with Crippen LogP contribution in [0.2, 0.25) is 0 Å². The second-order valence-electron chi connectivity index (χ2n) is 8.13. The zero-order valence-corrected chi connectivity index (χ0v) is 19.7. The van der Waals surface area contributed by atoms with Crippen LogP contribution in [-0.2, 0) is 16.1 Å². The highest BCUT2D eigenvalue weighted by atomic mass is 16.5. The molecule has 1 fully saturated rings. The summed E-state index contributed by atoms with van der Waals surface area (Å²) in [6.45, 7) is 3.99. The molecule has 4 rings (SSSR count). The average Bonchev–Trinajstić information content (AvgIpc) is 3.10. The number of hydrogen-bond donors (Lipinski definition) is 2. The fourth-order valence-corrected chi connectivity index (χ4v) is 4.22. The number of nitrogens with zero attached hydrogens (tertiary/aromatic N) is 2. The number of phenolic OH excluding ortho intramolecular Hbond substituents is 1. The first-order valence-corrected chi connectivity index (χ1v) is 11.1. The van der Waals surface area contributed by atoms with Crippen molar-refractivity contribution in [3.05, 3.63) is 88.8 Å². The Bertz CT molecular complexity index is 1300. The van der Waals surface area contributed by atoms with Gasteiger partial charge in [0.15, 0.2) is 11.5 Å². The fraction of sp³-hybridized carbons (Fsp3) is 0.222. The lowest BCUT2D eigenvalue weighted by atomic mass is 9.93.